The summed E-state index contributed by atoms with van der Waals surface area (Å²) in [6.07, 6.45) is -5.18. The normalized spacial score (nSPS) is 13.5. The van der Waals surface area contributed by atoms with Crippen LogP contribution in [0.4, 0.5) is 13.2 Å². The molecule has 3 nitrogen and oxygen atoms in total. The molecule has 0 spiro atoms. The summed E-state index contributed by atoms with van der Waals surface area (Å²) in [6.45, 7) is 0. The summed E-state index contributed by atoms with van der Waals surface area (Å²) >= 11 is 5.60. The van der Waals surface area contributed by atoms with Crippen LogP contribution in [0.1, 0.15) is 17.2 Å². The minimum Gasteiger partial charge on any atom is -0.481 e. The molecule has 0 aromatic heterocycles. The van der Waals surface area contributed by atoms with Crippen LogP contribution in [0.5, 0.6) is 0 Å². The molecule has 1 rings (SSSR count). The molecule has 0 saturated carbocycles. The van der Waals surface area contributed by atoms with Gasteiger partial charge in [-0.25, -0.2) is 0 Å². The molecule has 0 radical (unpaired) electrons. The smallest absolute Gasteiger partial charge is 0.407 e. The van der Waals surface area contributed by atoms with E-state index in [4.69, 9.17) is 22.4 Å². The Morgan fingerprint density at radius 3 is 2.53 bits per heavy atom. The van der Waals surface area contributed by atoms with Gasteiger partial charge in [-0.1, -0.05) is 17.7 Å². The Morgan fingerprint density at radius 2 is 2.06 bits per heavy atom. The fraction of sp³-hybridized carbons (Fsp3) is 0.300. The number of nitrogens with two attached hydrogens (primary N) is 1. The van der Waals surface area contributed by atoms with Crippen molar-refractivity contribution in [2.75, 3.05) is 0 Å². The van der Waals surface area contributed by atoms with Gasteiger partial charge in [0.15, 0.2) is 0 Å². The number of carboxylic acids is 1. The Morgan fingerprint density at radius 1 is 1.47 bits per heavy atom. The molecule has 3 N–H and O–H groups in total. The van der Waals surface area contributed by atoms with E-state index >= 15 is 0 Å². The van der Waals surface area contributed by atoms with Crippen molar-refractivity contribution in [2.24, 2.45) is 5.73 Å². The van der Waals surface area contributed by atoms with Gasteiger partial charge in [0.2, 0.25) is 0 Å². The molecule has 1 aromatic carbocycles. The van der Waals surface area contributed by atoms with Crippen LogP contribution in [0.3, 0.4) is 0 Å². The monoisotopic (exact) mass is 267 g/mol. The summed E-state index contributed by atoms with van der Waals surface area (Å²) in [5.41, 5.74) is 4.73. The maximum Gasteiger partial charge on any atom is 0.407 e. The van der Waals surface area contributed by atoms with Crippen molar-refractivity contribution in [2.45, 2.75) is 18.6 Å². The van der Waals surface area contributed by atoms with E-state index in [1.807, 2.05) is 0 Å². The molecule has 0 unspecified atom stereocenters. The summed E-state index contributed by atoms with van der Waals surface area (Å²) in [7, 11) is 0. The molecule has 0 aliphatic rings. The van der Waals surface area contributed by atoms with Gasteiger partial charge in [0.05, 0.1) is 6.42 Å². The van der Waals surface area contributed by atoms with Crippen LogP contribution in [-0.2, 0) is 11.2 Å². The number of halogens is 4. The number of hydrogen-bond acceptors (Lipinski definition) is 2. The van der Waals surface area contributed by atoms with E-state index in [0.29, 0.717) is 0 Å². The number of alkyl halides is 3. The fourth-order valence-corrected chi connectivity index (χ4v) is 1.56. The first-order valence-corrected chi connectivity index (χ1v) is 4.92. The summed E-state index contributed by atoms with van der Waals surface area (Å²) in [4.78, 5) is 10.5. The molecule has 0 aliphatic heterocycles. The highest BCUT2D eigenvalue weighted by atomic mass is 35.5. The molecule has 0 aliphatic carbocycles. The van der Waals surface area contributed by atoms with Gasteiger partial charge in [-0.3, -0.25) is 4.79 Å². The Bertz CT molecular complexity index is 434. The van der Waals surface area contributed by atoms with E-state index < -0.39 is 24.6 Å². The van der Waals surface area contributed by atoms with Crippen LogP contribution in [0, 0.1) is 0 Å². The third-order valence-electron chi connectivity index (χ3n) is 2.13. The number of rotatable bonds is 3. The minimum atomic E-state index is -4.62. The van der Waals surface area contributed by atoms with E-state index in [0.717, 1.165) is 6.07 Å². The third kappa shape index (κ3) is 3.61. The maximum atomic E-state index is 12.4. The number of aliphatic carboxylic acids is 1. The van der Waals surface area contributed by atoms with Gasteiger partial charge in [-0.15, -0.1) is 0 Å². The topological polar surface area (TPSA) is 63.3 Å². The maximum absolute atomic E-state index is 12.4. The molecule has 7 heteroatoms. The molecule has 94 valence electrons. The fourth-order valence-electron chi connectivity index (χ4n) is 1.37. The second kappa shape index (κ2) is 4.93. The summed E-state index contributed by atoms with van der Waals surface area (Å²) in [6, 6.07) is 1.30. The standard InChI is InChI=1S/C10H9ClF3NO2/c11-6-1-2-7(9(15)10(12,13)14)5(3-6)4-8(16)17/h1-3,9H,4,15H2,(H,16,17)/t9-/m0/s1. The summed E-state index contributed by atoms with van der Waals surface area (Å²) < 4.78 is 37.3. The molecule has 1 aromatic rings. The first-order chi connectivity index (χ1) is 7.71. The van der Waals surface area contributed by atoms with Crippen molar-refractivity contribution >= 4 is 17.6 Å². The Hall–Kier alpha value is -1.27. The zero-order valence-electron chi connectivity index (χ0n) is 8.46. The Labute approximate surface area is 100.0 Å². The van der Waals surface area contributed by atoms with Crippen LogP contribution in [0.25, 0.3) is 0 Å². The third-order valence-corrected chi connectivity index (χ3v) is 2.37. The van der Waals surface area contributed by atoms with Crippen molar-refractivity contribution in [3.63, 3.8) is 0 Å². The van der Waals surface area contributed by atoms with Crippen LogP contribution in [0.15, 0.2) is 18.2 Å². The van der Waals surface area contributed by atoms with Crippen LogP contribution in [-0.4, -0.2) is 17.3 Å². The second-order valence-electron chi connectivity index (χ2n) is 3.43. The minimum absolute atomic E-state index is 0.0326. The van der Waals surface area contributed by atoms with E-state index in [-0.39, 0.29) is 16.1 Å². The Balaban J connectivity index is 3.18. The molecule has 0 saturated heterocycles. The average molecular weight is 268 g/mol. The first-order valence-electron chi connectivity index (χ1n) is 4.54. The highest BCUT2D eigenvalue weighted by Crippen LogP contribution is 2.33. The predicted octanol–water partition coefficient (Wildman–Crippen LogP) is 2.53. The number of carbonyl (C=O) groups is 1. The van der Waals surface area contributed by atoms with E-state index in [9.17, 15) is 18.0 Å². The van der Waals surface area contributed by atoms with Gasteiger partial charge in [0, 0.05) is 5.02 Å². The van der Waals surface area contributed by atoms with Gasteiger partial charge in [0.1, 0.15) is 6.04 Å². The summed E-state index contributed by atoms with van der Waals surface area (Å²) in [5.74, 6) is -1.25. The van der Waals surface area contributed by atoms with Crippen LogP contribution >= 0.6 is 11.6 Å². The van der Waals surface area contributed by atoms with Crippen molar-refractivity contribution in [3.8, 4) is 0 Å². The molecule has 0 heterocycles. The lowest BCUT2D eigenvalue weighted by molar-refractivity contribution is -0.149. The first kappa shape index (κ1) is 13.8. The quantitative estimate of drug-likeness (QED) is 0.884. The van der Waals surface area contributed by atoms with Crippen molar-refractivity contribution in [3.05, 3.63) is 34.3 Å². The molecule has 0 bridgehead atoms. The Kier molecular flexibility index (Phi) is 4.00. The van der Waals surface area contributed by atoms with Gasteiger partial charge < -0.3 is 10.8 Å². The van der Waals surface area contributed by atoms with E-state index in [2.05, 4.69) is 0 Å². The van der Waals surface area contributed by atoms with Gasteiger partial charge in [-0.05, 0) is 23.3 Å². The van der Waals surface area contributed by atoms with E-state index in [1.54, 1.807) is 0 Å². The molecular weight excluding hydrogens is 259 g/mol. The largest absolute Gasteiger partial charge is 0.481 e. The van der Waals surface area contributed by atoms with Crippen molar-refractivity contribution in [1.29, 1.82) is 0 Å². The zero-order valence-corrected chi connectivity index (χ0v) is 9.22. The predicted molar refractivity (Wildman–Crippen MR) is 55.8 cm³/mol. The van der Waals surface area contributed by atoms with E-state index in [1.165, 1.54) is 12.1 Å². The highest BCUT2D eigenvalue weighted by molar-refractivity contribution is 6.30. The highest BCUT2D eigenvalue weighted by Gasteiger charge is 2.39. The second-order valence-corrected chi connectivity index (χ2v) is 3.87. The lowest BCUT2D eigenvalue weighted by atomic mass is 9.98. The molecule has 17 heavy (non-hydrogen) atoms. The zero-order chi connectivity index (χ0) is 13.2. The average Bonchev–Trinajstić information content (AvgIpc) is 2.14. The molecule has 0 fully saturated rings. The summed E-state index contributed by atoms with van der Waals surface area (Å²) in [5, 5.41) is 8.77. The lowest BCUT2D eigenvalue weighted by Gasteiger charge is -2.18. The molecule has 0 amide bonds. The lowest BCUT2D eigenvalue weighted by Crippen LogP contribution is -2.29. The van der Waals surface area contributed by atoms with Crippen LogP contribution in [0.2, 0.25) is 5.02 Å². The van der Waals surface area contributed by atoms with Gasteiger partial charge in [-0.2, -0.15) is 13.2 Å². The SMILES string of the molecule is N[C@@H](c1ccc(Cl)cc1CC(=O)O)C(F)(F)F. The molecule has 1 atom stereocenters. The van der Waals surface area contributed by atoms with Crippen molar-refractivity contribution in [1.82, 2.24) is 0 Å². The van der Waals surface area contributed by atoms with Crippen LogP contribution < -0.4 is 5.73 Å². The van der Waals surface area contributed by atoms with Gasteiger partial charge in [0.25, 0.3) is 0 Å². The number of benzene rings is 1. The molecular formula is C10H9ClF3NO2. The number of carboxylic acid groups (broad SMARTS) is 1. The number of hydrogen-bond donors (Lipinski definition) is 2. The van der Waals surface area contributed by atoms with Gasteiger partial charge >= 0.3 is 12.1 Å². The van der Waals surface area contributed by atoms with Crippen molar-refractivity contribution < 1.29 is 23.1 Å².